The van der Waals surface area contributed by atoms with E-state index in [1.54, 1.807) is 37.3 Å². The van der Waals surface area contributed by atoms with E-state index in [0.717, 1.165) is 0 Å². The molecule has 0 aliphatic heterocycles. The van der Waals surface area contributed by atoms with Crippen molar-refractivity contribution in [1.82, 2.24) is 0 Å². The molecule has 2 aromatic rings. The van der Waals surface area contributed by atoms with Crippen molar-refractivity contribution in [3.05, 3.63) is 70.3 Å². The minimum atomic E-state index is -0.673. The molecule has 0 heterocycles. The van der Waals surface area contributed by atoms with Gasteiger partial charge in [-0.2, -0.15) is 5.26 Å². The van der Waals surface area contributed by atoms with Crippen LogP contribution in [-0.2, 0) is 0 Å². The van der Waals surface area contributed by atoms with E-state index in [-0.39, 0.29) is 16.9 Å². The van der Waals surface area contributed by atoms with Gasteiger partial charge >= 0.3 is 0 Å². The number of ketones is 1. The van der Waals surface area contributed by atoms with Crippen molar-refractivity contribution in [3.8, 4) is 6.07 Å². The van der Waals surface area contributed by atoms with E-state index in [2.05, 4.69) is 0 Å². The van der Waals surface area contributed by atoms with Crippen LogP contribution in [0.5, 0.6) is 0 Å². The highest BCUT2D eigenvalue weighted by Gasteiger charge is 2.19. The quantitative estimate of drug-likeness (QED) is 0.640. The van der Waals surface area contributed by atoms with Crippen LogP contribution in [0, 0.1) is 18.3 Å². The third kappa shape index (κ3) is 2.61. The number of nitriles is 1. The fraction of sp³-hybridized carbons (Fsp3) is 0.0625. The molecule has 0 radical (unpaired) electrons. The third-order valence-electron chi connectivity index (χ3n) is 2.97. The fourth-order valence-corrected chi connectivity index (χ4v) is 2.16. The van der Waals surface area contributed by atoms with Gasteiger partial charge in [0.1, 0.15) is 0 Å². The summed E-state index contributed by atoms with van der Waals surface area (Å²) in [5.41, 5.74) is 1.88. The molecule has 0 amide bonds. The smallest absolute Gasteiger partial charge is 0.253 e. The largest absolute Gasteiger partial charge is 0.289 e. The van der Waals surface area contributed by atoms with Gasteiger partial charge in [0.15, 0.2) is 5.78 Å². The lowest BCUT2D eigenvalue weighted by molar-refractivity contribution is 0.102. The maximum absolute atomic E-state index is 12.5. The summed E-state index contributed by atoms with van der Waals surface area (Å²) >= 11 is 5.53. The molecule has 0 atom stereocenters. The van der Waals surface area contributed by atoms with Gasteiger partial charge in [0.05, 0.1) is 11.6 Å². The molecule has 0 N–H and O–H groups in total. The third-order valence-corrected chi connectivity index (χ3v) is 3.17. The summed E-state index contributed by atoms with van der Waals surface area (Å²) < 4.78 is 0. The maximum Gasteiger partial charge on any atom is 0.253 e. The highest BCUT2D eigenvalue weighted by atomic mass is 35.5. The van der Waals surface area contributed by atoms with Crippen LogP contribution in [0.1, 0.15) is 37.4 Å². The number of carbonyl (C=O) groups excluding carboxylic acids is 2. The Morgan fingerprint density at radius 1 is 1.15 bits per heavy atom. The number of hydrogen-bond acceptors (Lipinski definition) is 3. The van der Waals surface area contributed by atoms with Crippen LogP contribution < -0.4 is 0 Å². The first-order valence-electron chi connectivity index (χ1n) is 5.89. The van der Waals surface area contributed by atoms with Gasteiger partial charge in [0.25, 0.3) is 5.24 Å². The van der Waals surface area contributed by atoms with Crippen molar-refractivity contribution in [2.45, 2.75) is 6.92 Å². The predicted octanol–water partition coefficient (Wildman–Crippen LogP) is 3.48. The summed E-state index contributed by atoms with van der Waals surface area (Å²) in [4.78, 5) is 24.0. The van der Waals surface area contributed by atoms with Gasteiger partial charge in [-0.05, 0) is 42.3 Å². The molecule has 20 heavy (non-hydrogen) atoms. The van der Waals surface area contributed by atoms with E-state index in [0.29, 0.717) is 16.7 Å². The van der Waals surface area contributed by atoms with E-state index in [4.69, 9.17) is 16.9 Å². The highest BCUT2D eigenvalue weighted by Crippen LogP contribution is 2.21. The topological polar surface area (TPSA) is 57.9 Å². The minimum absolute atomic E-state index is 0.180. The van der Waals surface area contributed by atoms with E-state index < -0.39 is 5.24 Å². The van der Waals surface area contributed by atoms with Gasteiger partial charge < -0.3 is 0 Å². The van der Waals surface area contributed by atoms with Crippen LogP contribution in [0.4, 0.5) is 0 Å². The number of aryl methyl sites for hydroxylation is 1. The van der Waals surface area contributed by atoms with Crippen molar-refractivity contribution in [1.29, 1.82) is 5.26 Å². The van der Waals surface area contributed by atoms with E-state index in [1.165, 1.54) is 12.1 Å². The lowest BCUT2D eigenvalue weighted by Crippen LogP contribution is -2.09. The van der Waals surface area contributed by atoms with Gasteiger partial charge in [0, 0.05) is 16.7 Å². The molecule has 0 aliphatic rings. The second-order valence-electron chi connectivity index (χ2n) is 4.29. The molecule has 0 spiro atoms. The molecule has 0 bridgehead atoms. The van der Waals surface area contributed by atoms with Gasteiger partial charge in [-0.3, -0.25) is 9.59 Å². The molecule has 2 rings (SSSR count). The summed E-state index contributed by atoms with van der Waals surface area (Å²) in [5, 5.41) is 8.20. The molecule has 0 saturated carbocycles. The molecule has 2 aromatic carbocycles. The van der Waals surface area contributed by atoms with E-state index >= 15 is 0 Å². The number of nitrogens with zero attached hydrogens (tertiary/aromatic N) is 1. The van der Waals surface area contributed by atoms with Crippen molar-refractivity contribution >= 4 is 22.6 Å². The van der Waals surface area contributed by atoms with Crippen LogP contribution in [0.2, 0.25) is 0 Å². The second-order valence-corrected chi connectivity index (χ2v) is 4.64. The zero-order valence-electron chi connectivity index (χ0n) is 10.7. The van der Waals surface area contributed by atoms with Gasteiger partial charge in [0.2, 0.25) is 0 Å². The normalized spacial score (nSPS) is 9.85. The van der Waals surface area contributed by atoms with Crippen LogP contribution in [0.25, 0.3) is 0 Å². The Morgan fingerprint density at radius 3 is 2.50 bits per heavy atom. The predicted molar refractivity (Wildman–Crippen MR) is 76.0 cm³/mol. The summed E-state index contributed by atoms with van der Waals surface area (Å²) in [7, 11) is 0. The van der Waals surface area contributed by atoms with Gasteiger partial charge in [-0.15, -0.1) is 0 Å². The molecule has 0 saturated heterocycles. The van der Waals surface area contributed by atoms with E-state index in [1.807, 2.05) is 6.07 Å². The lowest BCUT2D eigenvalue weighted by atomic mass is 9.94. The summed E-state index contributed by atoms with van der Waals surface area (Å²) in [6.45, 7) is 1.74. The summed E-state index contributed by atoms with van der Waals surface area (Å²) in [6.07, 6.45) is 0. The molecule has 4 heteroatoms. The Hall–Kier alpha value is -2.44. The van der Waals surface area contributed by atoms with Crippen LogP contribution in [0.15, 0.2) is 42.5 Å². The average molecular weight is 284 g/mol. The van der Waals surface area contributed by atoms with Crippen molar-refractivity contribution < 1.29 is 9.59 Å². The molecule has 98 valence electrons. The fourth-order valence-electron chi connectivity index (χ4n) is 2.01. The monoisotopic (exact) mass is 283 g/mol. The Bertz CT molecular complexity index is 744. The Morgan fingerprint density at radius 2 is 1.85 bits per heavy atom. The van der Waals surface area contributed by atoms with Crippen molar-refractivity contribution in [2.75, 3.05) is 0 Å². The number of benzene rings is 2. The zero-order valence-corrected chi connectivity index (χ0v) is 11.4. The number of rotatable bonds is 3. The Balaban J connectivity index is 2.59. The maximum atomic E-state index is 12.5. The molecule has 0 aromatic heterocycles. The van der Waals surface area contributed by atoms with Crippen LogP contribution in [-0.4, -0.2) is 11.0 Å². The second kappa shape index (κ2) is 5.68. The number of carbonyl (C=O) groups is 2. The lowest BCUT2D eigenvalue weighted by Gasteiger charge is -2.09. The Labute approximate surface area is 121 Å². The summed E-state index contributed by atoms with van der Waals surface area (Å²) in [6, 6.07) is 13.3. The minimum Gasteiger partial charge on any atom is -0.289 e. The first-order valence-corrected chi connectivity index (χ1v) is 6.26. The van der Waals surface area contributed by atoms with Gasteiger partial charge in [-0.25, -0.2) is 0 Å². The molecule has 0 fully saturated rings. The van der Waals surface area contributed by atoms with Gasteiger partial charge in [-0.1, -0.05) is 24.3 Å². The first kappa shape index (κ1) is 14.0. The Kier molecular flexibility index (Phi) is 3.97. The van der Waals surface area contributed by atoms with Crippen molar-refractivity contribution in [3.63, 3.8) is 0 Å². The van der Waals surface area contributed by atoms with Crippen molar-refractivity contribution in [2.24, 2.45) is 0 Å². The molecule has 3 nitrogen and oxygen atoms in total. The van der Waals surface area contributed by atoms with Crippen LogP contribution in [0.3, 0.4) is 0 Å². The highest BCUT2D eigenvalue weighted by molar-refractivity contribution is 6.68. The molecule has 0 aliphatic carbocycles. The SMILES string of the molecule is Cc1cccc(C(=O)Cl)c1C(=O)c1cccc(C#N)c1. The van der Waals surface area contributed by atoms with E-state index in [9.17, 15) is 9.59 Å². The standard InChI is InChI=1S/C16H10ClNO2/c1-10-4-2-7-13(16(17)20)14(10)15(19)12-6-3-5-11(8-12)9-18/h2-8H,1H3. The number of halogens is 1. The summed E-state index contributed by atoms with van der Waals surface area (Å²) in [5.74, 6) is -0.316. The van der Waals surface area contributed by atoms with Crippen LogP contribution >= 0.6 is 11.6 Å². The molecule has 0 unspecified atom stereocenters. The molecular formula is C16H10ClNO2. The average Bonchev–Trinajstić information content (AvgIpc) is 2.46. The zero-order chi connectivity index (χ0) is 14.7. The molecular weight excluding hydrogens is 274 g/mol. The number of hydrogen-bond donors (Lipinski definition) is 0. The first-order chi connectivity index (χ1) is 9.54.